The van der Waals surface area contributed by atoms with Crippen LogP contribution in [0.25, 0.3) is 0 Å². The summed E-state index contributed by atoms with van der Waals surface area (Å²) in [7, 11) is 5.25. The van der Waals surface area contributed by atoms with Gasteiger partial charge in [-0.2, -0.15) is 0 Å². The molecule has 0 aromatic rings. The van der Waals surface area contributed by atoms with Crippen molar-refractivity contribution in [3.05, 3.63) is 0 Å². The lowest BCUT2D eigenvalue weighted by Gasteiger charge is -2.02. The lowest BCUT2D eigenvalue weighted by molar-refractivity contribution is 0.154. The first kappa shape index (κ1) is 7.40. The highest BCUT2D eigenvalue weighted by molar-refractivity contribution is 6.34. The van der Waals surface area contributed by atoms with E-state index >= 15 is 0 Å². The SMILES string of the molecule is CN[B]C1CN(C)C(=O)O1. The Morgan fingerprint density at radius 2 is 2.60 bits per heavy atom. The van der Waals surface area contributed by atoms with Crippen LogP contribution in [-0.4, -0.2) is 45.1 Å². The summed E-state index contributed by atoms with van der Waals surface area (Å²) in [4.78, 5) is 12.3. The van der Waals surface area contributed by atoms with Gasteiger partial charge in [0, 0.05) is 7.05 Å². The van der Waals surface area contributed by atoms with Gasteiger partial charge in [0.2, 0.25) is 0 Å². The average Bonchev–Trinajstić information content (AvgIpc) is 2.14. The van der Waals surface area contributed by atoms with Crippen molar-refractivity contribution in [2.24, 2.45) is 0 Å². The van der Waals surface area contributed by atoms with Crippen molar-refractivity contribution in [3.63, 3.8) is 0 Å². The number of rotatable bonds is 2. The molecule has 0 bridgehead atoms. The molecule has 4 nitrogen and oxygen atoms in total. The van der Waals surface area contributed by atoms with Gasteiger partial charge in [-0.1, -0.05) is 0 Å². The first-order valence-electron chi connectivity index (χ1n) is 3.16. The number of cyclic esters (lactones) is 1. The zero-order valence-electron chi connectivity index (χ0n) is 6.13. The molecule has 0 aromatic carbocycles. The largest absolute Gasteiger partial charge is 0.452 e. The number of carbonyl (C=O) groups excluding carboxylic acids is 1. The molecule has 1 heterocycles. The number of amides is 1. The number of nitrogens with zero attached hydrogens (tertiary/aromatic N) is 1. The molecule has 0 spiro atoms. The second kappa shape index (κ2) is 2.92. The van der Waals surface area contributed by atoms with Crippen molar-refractivity contribution in [2.75, 3.05) is 20.6 Å². The second-order valence-corrected chi connectivity index (χ2v) is 2.26. The molecule has 5 heteroatoms. The van der Waals surface area contributed by atoms with Gasteiger partial charge in [-0.15, -0.1) is 0 Å². The zero-order valence-corrected chi connectivity index (χ0v) is 6.13. The van der Waals surface area contributed by atoms with E-state index in [1.807, 2.05) is 0 Å². The van der Waals surface area contributed by atoms with Crippen LogP contribution >= 0.6 is 0 Å². The predicted octanol–water partition coefficient (Wildman–Crippen LogP) is -0.767. The fourth-order valence-corrected chi connectivity index (χ4v) is 0.874. The number of nitrogens with one attached hydrogen (secondary N) is 1. The Morgan fingerprint density at radius 1 is 1.90 bits per heavy atom. The third-order valence-corrected chi connectivity index (χ3v) is 1.37. The fraction of sp³-hybridized carbons (Fsp3) is 0.800. The van der Waals surface area contributed by atoms with E-state index in [1.165, 1.54) is 0 Å². The van der Waals surface area contributed by atoms with E-state index in [0.717, 1.165) is 0 Å². The standard InChI is InChI=1S/C5H10BN2O2/c1-7-6-4-3-8(2)5(9)10-4/h4,7H,3H2,1-2H3. The Morgan fingerprint density at radius 3 is 3.00 bits per heavy atom. The monoisotopic (exact) mass is 141 g/mol. The van der Waals surface area contributed by atoms with E-state index in [0.29, 0.717) is 6.54 Å². The molecule has 0 saturated carbocycles. The highest BCUT2D eigenvalue weighted by Crippen LogP contribution is 2.05. The van der Waals surface area contributed by atoms with Crippen molar-refractivity contribution < 1.29 is 9.53 Å². The third-order valence-electron chi connectivity index (χ3n) is 1.37. The third kappa shape index (κ3) is 1.41. The summed E-state index contributed by atoms with van der Waals surface area (Å²) in [5.41, 5.74) is 0. The van der Waals surface area contributed by atoms with Crippen molar-refractivity contribution in [1.29, 1.82) is 0 Å². The van der Waals surface area contributed by atoms with Gasteiger partial charge in [-0.3, -0.25) is 0 Å². The number of hydrogen-bond acceptors (Lipinski definition) is 3. The summed E-state index contributed by atoms with van der Waals surface area (Å²) in [5.74, 6) is 0. The zero-order chi connectivity index (χ0) is 7.56. The Kier molecular flexibility index (Phi) is 2.16. The smallest absolute Gasteiger partial charge is 0.409 e. The van der Waals surface area contributed by atoms with Crippen LogP contribution in [0.2, 0.25) is 0 Å². The molecule has 1 amide bonds. The van der Waals surface area contributed by atoms with Gasteiger partial charge in [0.05, 0.1) is 6.54 Å². The van der Waals surface area contributed by atoms with Crippen LogP contribution in [0.5, 0.6) is 0 Å². The first-order chi connectivity index (χ1) is 4.74. The van der Waals surface area contributed by atoms with Gasteiger partial charge in [0.15, 0.2) is 0 Å². The molecule has 1 atom stereocenters. The fourth-order valence-electron chi connectivity index (χ4n) is 0.874. The Labute approximate surface area is 60.8 Å². The van der Waals surface area contributed by atoms with Gasteiger partial charge in [-0.05, 0) is 7.05 Å². The van der Waals surface area contributed by atoms with E-state index in [2.05, 4.69) is 5.23 Å². The molecule has 55 valence electrons. The van der Waals surface area contributed by atoms with E-state index < -0.39 is 0 Å². The first-order valence-corrected chi connectivity index (χ1v) is 3.16. The van der Waals surface area contributed by atoms with Gasteiger partial charge >= 0.3 is 6.09 Å². The molecule has 0 aliphatic carbocycles. The predicted molar refractivity (Wildman–Crippen MR) is 37.7 cm³/mol. The lowest BCUT2D eigenvalue weighted by Crippen LogP contribution is -2.31. The molecular formula is C5H10BN2O2. The number of ether oxygens (including phenoxy) is 1. The van der Waals surface area contributed by atoms with Crippen molar-refractivity contribution in [2.45, 2.75) is 6.00 Å². The van der Waals surface area contributed by atoms with Crippen LogP contribution in [0.4, 0.5) is 4.79 Å². The minimum atomic E-state index is -0.253. The average molecular weight is 141 g/mol. The molecular weight excluding hydrogens is 131 g/mol. The maximum atomic E-state index is 10.7. The summed E-state index contributed by atoms with van der Waals surface area (Å²) in [6.45, 7) is 0.639. The second-order valence-electron chi connectivity index (χ2n) is 2.26. The Hall–Kier alpha value is -0.705. The molecule has 10 heavy (non-hydrogen) atoms. The molecule has 1 unspecified atom stereocenters. The van der Waals surface area contributed by atoms with E-state index in [1.54, 1.807) is 26.4 Å². The number of likely N-dealkylation sites (N-methyl/N-ethyl adjacent to an activating group) is 1. The highest BCUT2D eigenvalue weighted by atomic mass is 16.6. The van der Waals surface area contributed by atoms with Gasteiger partial charge < -0.3 is 14.9 Å². The minimum absolute atomic E-state index is 0.0949. The summed E-state index contributed by atoms with van der Waals surface area (Å²) < 4.78 is 4.88. The maximum absolute atomic E-state index is 10.7. The van der Waals surface area contributed by atoms with Crippen molar-refractivity contribution in [3.8, 4) is 0 Å². The van der Waals surface area contributed by atoms with Crippen molar-refractivity contribution in [1.82, 2.24) is 10.1 Å². The van der Waals surface area contributed by atoms with Gasteiger partial charge in [0.1, 0.15) is 6.00 Å². The summed E-state index contributed by atoms with van der Waals surface area (Å²) in [6, 6.07) is -0.0949. The summed E-state index contributed by atoms with van der Waals surface area (Å²) in [6.07, 6.45) is -0.253. The van der Waals surface area contributed by atoms with Crippen LogP contribution in [0.3, 0.4) is 0 Å². The van der Waals surface area contributed by atoms with Crippen LogP contribution in [-0.2, 0) is 4.74 Å². The Bertz CT molecular complexity index is 142. The van der Waals surface area contributed by atoms with Crippen LogP contribution in [0.1, 0.15) is 0 Å². The van der Waals surface area contributed by atoms with E-state index in [-0.39, 0.29) is 12.1 Å². The van der Waals surface area contributed by atoms with E-state index in [9.17, 15) is 4.79 Å². The summed E-state index contributed by atoms with van der Waals surface area (Å²) in [5, 5.41) is 2.82. The number of hydrogen-bond donors (Lipinski definition) is 1. The maximum Gasteiger partial charge on any atom is 0.409 e. The molecule has 1 fully saturated rings. The minimum Gasteiger partial charge on any atom is -0.452 e. The topological polar surface area (TPSA) is 41.6 Å². The van der Waals surface area contributed by atoms with Gasteiger partial charge in [-0.25, -0.2) is 4.79 Å². The molecule has 1 N–H and O–H groups in total. The number of carbonyl (C=O) groups is 1. The van der Waals surface area contributed by atoms with E-state index in [4.69, 9.17) is 4.74 Å². The van der Waals surface area contributed by atoms with Crippen LogP contribution in [0.15, 0.2) is 0 Å². The van der Waals surface area contributed by atoms with Crippen LogP contribution in [0, 0.1) is 0 Å². The quantitative estimate of drug-likeness (QED) is 0.513. The highest BCUT2D eigenvalue weighted by Gasteiger charge is 2.27. The lowest BCUT2D eigenvalue weighted by atomic mass is 9.86. The Balaban J connectivity index is 2.34. The molecule has 1 aliphatic heterocycles. The molecule has 0 aromatic heterocycles. The molecule has 1 saturated heterocycles. The van der Waals surface area contributed by atoms with Gasteiger partial charge in [0.25, 0.3) is 7.41 Å². The van der Waals surface area contributed by atoms with Crippen LogP contribution < -0.4 is 5.23 Å². The molecule has 1 radical (unpaired) electrons. The molecule has 1 rings (SSSR count). The summed E-state index contributed by atoms with van der Waals surface area (Å²) >= 11 is 0. The normalized spacial score (nSPS) is 24.8. The van der Waals surface area contributed by atoms with Crippen molar-refractivity contribution >= 4 is 13.5 Å². The molecule has 1 aliphatic rings.